The van der Waals surface area contributed by atoms with Gasteiger partial charge in [0.15, 0.2) is 0 Å². The molecule has 1 unspecified atom stereocenters. The first-order chi connectivity index (χ1) is 7.50. The van der Waals surface area contributed by atoms with E-state index >= 15 is 0 Å². The first-order valence-corrected chi connectivity index (χ1v) is 5.67. The summed E-state index contributed by atoms with van der Waals surface area (Å²) in [4.78, 5) is 4.58. The molecule has 0 aliphatic rings. The van der Waals surface area contributed by atoms with Crippen molar-refractivity contribution in [3.63, 3.8) is 0 Å². The summed E-state index contributed by atoms with van der Waals surface area (Å²) >= 11 is 0. The Bertz CT molecular complexity index is 512. The van der Waals surface area contributed by atoms with Gasteiger partial charge >= 0.3 is 0 Å². The zero-order valence-electron chi connectivity index (χ0n) is 10.2. The molecule has 86 valence electrons. The van der Waals surface area contributed by atoms with Gasteiger partial charge in [-0.1, -0.05) is 19.9 Å². The molecule has 0 spiro atoms. The molecule has 0 bridgehead atoms. The maximum atomic E-state index is 9.87. The van der Waals surface area contributed by atoms with E-state index in [-0.39, 0.29) is 0 Å². The van der Waals surface area contributed by atoms with Crippen molar-refractivity contribution < 1.29 is 5.11 Å². The van der Waals surface area contributed by atoms with Crippen molar-refractivity contribution in [1.29, 1.82) is 0 Å². The van der Waals surface area contributed by atoms with Crippen molar-refractivity contribution in [3.8, 4) is 0 Å². The lowest BCUT2D eigenvalue weighted by Crippen LogP contribution is -2.02. The topological polar surface area (TPSA) is 37.5 Å². The lowest BCUT2D eigenvalue weighted by molar-refractivity contribution is 0.191. The average molecular weight is 218 g/mol. The van der Waals surface area contributed by atoms with Crippen LogP contribution in [0.2, 0.25) is 0 Å². The highest BCUT2D eigenvalue weighted by Crippen LogP contribution is 2.26. The third-order valence-electron chi connectivity index (χ3n) is 2.77. The number of fused-ring (bicyclic) bond motifs is 1. The number of imidazole rings is 1. The van der Waals surface area contributed by atoms with Crippen LogP contribution in [0.25, 0.3) is 5.65 Å². The van der Waals surface area contributed by atoms with Crippen LogP contribution in [-0.4, -0.2) is 14.5 Å². The van der Waals surface area contributed by atoms with Crippen molar-refractivity contribution in [2.24, 2.45) is 0 Å². The molecule has 0 aromatic carbocycles. The van der Waals surface area contributed by atoms with Crippen LogP contribution in [0.15, 0.2) is 18.3 Å². The Hall–Kier alpha value is -1.35. The number of rotatable bonds is 2. The lowest BCUT2D eigenvalue weighted by Gasteiger charge is -2.09. The van der Waals surface area contributed by atoms with E-state index in [9.17, 15) is 5.11 Å². The smallest absolute Gasteiger partial charge is 0.137 e. The van der Waals surface area contributed by atoms with E-state index in [1.54, 1.807) is 6.92 Å². The zero-order valence-corrected chi connectivity index (χ0v) is 10.2. The Morgan fingerprint density at radius 1 is 1.25 bits per heavy atom. The van der Waals surface area contributed by atoms with Gasteiger partial charge in [0.25, 0.3) is 0 Å². The van der Waals surface area contributed by atoms with Crippen molar-refractivity contribution >= 4 is 5.65 Å². The minimum Gasteiger partial charge on any atom is -0.387 e. The summed E-state index contributed by atoms with van der Waals surface area (Å²) < 4.78 is 2.00. The maximum Gasteiger partial charge on any atom is 0.137 e. The Morgan fingerprint density at radius 2 is 1.94 bits per heavy atom. The second kappa shape index (κ2) is 3.91. The van der Waals surface area contributed by atoms with E-state index in [0.717, 1.165) is 17.0 Å². The first-order valence-electron chi connectivity index (χ1n) is 5.67. The molecule has 2 aromatic rings. The van der Waals surface area contributed by atoms with Crippen molar-refractivity contribution in [3.05, 3.63) is 35.3 Å². The fourth-order valence-electron chi connectivity index (χ4n) is 2.03. The van der Waals surface area contributed by atoms with Gasteiger partial charge in [-0.3, -0.25) is 0 Å². The number of aromatic nitrogens is 2. The first kappa shape index (κ1) is 11.1. The Balaban J connectivity index is 2.77. The van der Waals surface area contributed by atoms with Crippen LogP contribution in [0.1, 0.15) is 49.7 Å². The van der Waals surface area contributed by atoms with Gasteiger partial charge in [-0.05, 0) is 31.4 Å². The molecule has 3 nitrogen and oxygen atoms in total. The van der Waals surface area contributed by atoms with Crippen LogP contribution >= 0.6 is 0 Å². The van der Waals surface area contributed by atoms with Crippen LogP contribution in [0.3, 0.4) is 0 Å². The number of aliphatic hydroxyl groups excluding tert-OH is 1. The van der Waals surface area contributed by atoms with Crippen LogP contribution < -0.4 is 0 Å². The molecule has 0 saturated heterocycles. The summed E-state index contributed by atoms with van der Waals surface area (Å²) in [5.41, 5.74) is 3.97. The summed E-state index contributed by atoms with van der Waals surface area (Å²) in [6.07, 6.45) is 1.53. The Morgan fingerprint density at radius 3 is 2.50 bits per heavy atom. The molecule has 0 fully saturated rings. The van der Waals surface area contributed by atoms with Gasteiger partial charge in [-0.15, -0.1) is 0 Å². The Labute approximate surface area is 95.8 Å². The number of aryl methyl sites for hydroxylation is 1. The predicted octanol–water partition coefficient (Wildman–Crippen LogP) is 2.82. The van der Waals surface area contributed by atoms with E-state index in [2.05, 4.69) is 18.8 Å². The third kappa shape index (κ3) is 1.71. The normalized spacial score (nSPS) is 13.6. The number of aliphatic hydroxyl groups is 1. The standard InChI is InChI=1S/C13H18N2O/c1-8(2)12-13(10(4)16)15-7-9(3)5-6-11(15)14-12/h5-8,10,16H,1-4H3. The predicted molar refractivity (Wildman–Crippen MR) is 64.7 cm³/mol. The highest BCUT2D eigenvalue weighted by Gasteiger charge is 2.18. The molecule has 16 heavy (non-hydrogen) atoms. The number of hydrogen-bond donors (Lipinski definition) is 1. The van der Waals surface area contributed by atoms with Crippen molar-refractivity contribution in [2.45, 2.75) is 39.7 Å². The average Bonchev–Trinajstić information content (AvgIpc) is 2.55. The van der Waals surface area contributed by atoms with E-state index in [1.807, 2.05) is 29.7 Å². The Kier molecular flexibility index (Phi) is 2.72. The molecule has 2 heterocycles. The minimum absolute atomic E-state index is 0.324. The zero-order chi connectivity index (χ0) is 11.9. The molecular formula is C13H18N2O. The largest absolute Gasteiger partial charge is 0.387 e. The van der Waals surface area contributed by atoms with Crippen molar-refractivity contribution in [1.82, 2.24) is 9.38 Å². The van der Waals surface area contributed by atoms with Gasteiger partial charge in [-0.2, -0.15) is 0 Å². The minimum atomic E-state index is -0.491. The second-order valence-electron chi connectivity index (χ2n) is 4.65. The summed E-state index contributed by atoms with van der Waals surface area (Å²) in [7, 11) is 0. The highest BCUT2D eigenvalue weighted by atomic mass is 16.3. The summed E-state index contributed by atoms with van der Waals surface area (Å²) in [6.45, 7) is 8.03. The van der Waals surface area contributed by atoms with Crippen molar-refractivity contribution in [2.75, 3.05) is 0 Å². The van der Waals surface area contributed by atoms with E-state index in [0.29, 0.717) is 5.92 Å². The molecule has 2 aromatic heterocycles. The lowest BCUT2D eigenvalue weighted by atomic mass is 10.1. The van der Waals surface area contributed by atoms with E-state index < -0.39 is 6.10 Å². The summed E-state index contributed by atoms with van der Waals surface area (Å²) in [6, 6.07) is 4.03. The summed E-state index contributed by atoms with van der Waals surface area (Å²) in [5.74, 6) is 0.324. The van der Waals surface area contributed by atoms with Gasteiger partial charge in [0, 0.05) is 6.20 Å². The van der Waals surface area contributed by atoms with Crippen LogP contribution in [0.4, 0.5) is 0 Å². The molecule has 3 heteroatoms. The number of hydrogen-bond acceptors (Lipinski definition) is 2. The van der Waals surface area contributed by atoms with Gasteiger partial charge in [0.05, 0.1) is 17.5 Å². The van der Waals surface area contributed by atoms with Gasteiger partial charge in [0.2, 0.25) is 0 Å². The summed E-state index contributed by atoms with van der Waals surface area (Å²) in [5, 5.41) is 9.87. The molecule has 1 N–H and O–H groups in total. The van der Waals surface area contributed by atoms with Crippen LogP contribution in [-0.2, 0) is 0 Å². The van der Waals surface area contributed by atoms with E-state index in [1.165, 1.54) is 5.56 Å². The quantitative estimate of drug-likeness (QED) is 0.841. The van der Waals surface area contributed by atoms with Crippen LogP contribution in [0.5, 0.6) is 0 Å². The molecule has 1 atom stereocenters. The SMILES string of the molecule is Cc1ccc2nc(C(C)C)c(C(C)O)n2c1. The molecular weight excluding hydrogens is 200 g/mol. The molecule has 0 amide bonds. The fraction of sp³-hybridized carbons (Fsp3) is 0.462. The monoisotopic (exact) mass is 218 g/mol. The fourth-order valence-corrected chi connectivity index (χ4v) is 2.03. The number of nitrogens with zero attached hydrogens (tertiary/aromatic N) is 2. The molecule has 0 saturated carbocycles. The number of pyridine rings is 1. The van der Waals surface area contributed by atoms with Gasteiger partial charge in [-0.25, -0.2) is 4.98 Å². The molecule has 2 rings (SSSR count). The maximum absolute atomic E-state index is 9.87. The van der Waals surface area contributed by atoms with Gasteiger partial charge < -0.3 is 9.51 Å². The third-order valence-corrected chi connectivity index (χ3v) is 2.77. The van der Waals surface area contributed by atoms with Gasteiger partial charge in [0.1, 0.15) is 5.65 Å². The molecule has 0 aliphatic carbocycles. The molecule has 0 aliphatic heterocycles. The van der Waals surface area contributed by atoms with Crippen LogP contribution in [0, 0.1) is 6.92 Å². The van der Waals surface area contributed by atoms with E-state index in [4.69, 9.17) is 0 Å². The second-order valence-corrected chi connectivity index (χ2v) is 4.65. The molecule has 0 radical (unpaired) electrons. The highest BCUT2D eigenvalue weighted by molar-refractivity contribution is 5.45.